The van der Waals surface area contributed by atoms with E-state index in [1.165, 1.54) is 0 Å². The summed E-state index contributed by atoms with van der Waals surface area (Å²) in [6.07, 6.45) is 2.54. The molecular formula is C25H25N5O4. The van der Waals surface area contributed by atoms with Gasteiger partial charge in [0.15, 0.2) is 5.82 Å². The summed E-state index contributed by atoms with van der Waals surface area (Å²) in [5, 5.41) is 7.16. The van der Waals surface area contributed by atoms with Crippen molar-refractivity contribution in [2.24, 2.45) is 0 Å². The quantitative estimate of drug-likeness (QED) is 0.572. The molecule has 1 aromatic heterocycles. The number of carbonyl (C=O) groups excluding carboxylic acids is 3. The third-order valence-corrected chi connectivity index (χ3v) is 6.39. The summed E-state index contributed by atoms with van der Waals surface area (Å²) < 4.78 is 6.81. The second-order valence-electron chi connectivity index (χ2n) is 8.37. The fourth-order valence-corrected chi connectivity index (χ4v) is 4.70. The minimum Gasteiger partial charge on any atom is -0.497 e. The van der Waals surface area contributed by atoms with Crippen LogP contribution in [0.15, 0.2) is 42.5 Å². The van der Waals surface area contributed by atoms with E-state index in [0.717, 1.165) is 29.9 Å². The van der Waals surface area contributed by atoms with Crippen molar-refractivity contribution < 1.29 is 19.1 Å². The van der Waals surface area contributed by atoms with E-state index in [0.29, 0.717) is 54.3 Å². The summed E-state index contributed by atoms with van der Waals surface area (Å²) in [6, 6.07) is 13.0. The Labute approximate surface area is 196 Å². The van der Waals surface area contributed by atoms with Crippen LogP contribution in [0.25, 0.3) is 5.69 Å². The smallest absolute Gasteiger partial charge is 0.277 e. The minimum absolute atomic E-state index is 0.129. The van der Waals surface area contributed by atoms with Crippen LogP contribution in [0.5, 0.6) is 5.75 Å². The van der Waals surface area contributed by atoms with Crippen molar-refractivity contribution in [3.8, 4) is 11.4 Å². The predicted molar refractivity (Wildman–Crippen MR) is 128 cm³/mol. The van der Waals surface area contributed by atoms with Crippen LogP contribution in [0, 0.1) is 6.92 Å². The summed E-state index contributed by atoms with van der Waals surface area (Å²) in [6.45, 7) is 3.12. The molecule has 1 N–H and O–H groups in total. The van der Waals surface area contributed by atoms with Gasteiger partial charge in [0.1, 0.15) is 11.4 Å². The van der Waals surface area contributed by atoms with Gasteiger partial charge in [0, 0.05) is 36.4 Å². The van der Waals surface area contributed by atoms with Gasteiger partial charge in [-0.2, -0.15) is 0 Å². The average Bonchev–Trinajstić information content (AvgIpc) is 3.44. The molecule has 2 aliphatic heterocycles. The molecule has 9 heteroatoms. The number of anilines is 3. The third-order valence-electron chi connectivity index (χ3n) is 6.39. The Morgan fingerprint density at radius 3 is 2.41 bits per heavy atom. The maximum absolute atomic E-state index is 13.8. The standard InChI is InChI=1S/C25H25N5O4/c1-16-14-18(28-12-3-4-22(28)32)7-10-21(16)29-13-11-20-23(25(29)33)30(27-24(20)26-15-31)17-5-8-19(34-2)9-6-17/h5-10,14-15H,3-4,11-13H2,1-2H3,(H,26,27,31). The zero-order valence-corrected chi connectivity index (χ0v) is 19.1. The van der Waals surface area contributed by atoms with E-state index in [1.54, 1.807) is 33.7 Å². The first-order valence-electron chi connectivity index (χ1n) is 11.2. The highest BCUT2D eigenvalue weighted by molar-refractivity contribution is 6.09. The zero-order chi connectivity index (χ0) is 23.8. The monoisotopic (exact) mass is 459 g/mol. The van der Waals surface area contributed by atoms with E-state index >= 15 is 0 Å². The van der Waals surface area contributed by atoms with Crippen molar-refractivity contribution in [3.63, 3.8) is 0 Å². The maximum atomic E-state index is 13.8. The normalized spacial score (nSPS) is 15.5. The summed E-state index contributed by atoms with van der Waals surface area (Å²) in [7, 11) is 1.59. The number of nitrogens with one attached hydrogen (secondary N) is 1. The molecule has 0 atom stereocenters. The van der Waals surface area contributed by atoms with Gasteiger partial charge in [-0.15, -0.1) is 5.10 Å². The van der Waals surface area contributed by atoms with Gasteiger partial charge >= 0.3 is 0 Å². The van der Waals surface area contributed by atoms with Crippen LogP contribution >= 0.6 is 0 Å². The topological polar surface area (TPSA) is 96.8 Å². The molecule has 3 amide bonds. The lowest BCUT2D eigenvalue weighted by Gasteiger charge is -2.29. The highest BCUT2D eigenvalue weighted by atomic mass is 16.5. The Morgan fingerprint density at radius 2 is 1.76 bits per heavy atom. The van der Waals surface area contributed by atoms with Crippen LogP contribution in [0.3, 0.4) is 0 Å². The lowest BCUT2D eigenvalue weighted by Crippen LogP contribution is -2.39. The van der Waals surface area contributed by atoms with E-state index in [2.05, 4.69) is 10.4 Å². The number of carbonyl (C=O) groups is 3. The Morgan fingerprint density at radius 1 is 1.00 bits per heavy atom. The van der Waals surface area contributed by atoms with Gasteiger partial charge in [-0.05, 0) is 67.8 Å². The van der Waals surface area contributed by atoms with Crippen LogP contribution in [-0.4, -0.2) is 48.2 Å². The molecule has 2 aromatic carbocycles. The van der Waals surface area contributed by atoms with Crippen molar-refractivity contribution in [1.82, 2.24) is 9.78 Å². The molecule has 0 aliphatic carbocycles. The molecule has 0 bridgehead atoms. The minimum atomic E-state index is -0.198. The SMILES string of the molecule is COc1ccc(-n2nc(NC=O)c3c2C(=O)N(c2ccc(N4CCCC4=O)cc2C)CC3)cc1. The van der Waals surface area contributed by atoms with E-state index in [1.807, 2.05) is 37.3 Å². The van der Waals surface area contributed by atoms with Crippen LogP contribution in [0.4, 0.5) is 17.2 Å². The molecule has 2 aliphatic rings. The second kappa shape index (κ2) is 8.66. The van der Waals surface area contributed by atoms with Crippen molar-refractivity contribution in [2.75, 3.05) is 35.3 Å². The summed E-state index contributed by atoms with van der Waals surface area (Å²) in [5.41, 5.74) is 4.37. The number of methoxy groups -OCH3 is 1. The van der Waals surface area contributed by atoms with E-state index in [9.17, 15) is 14.4 Å². The fourth-order valence-electron chi connectivity index (χ4n) is 4.70. The molecule has 174 valence electrons. The highest BCUT2D eigenvalue weighted by Gasteiger charge is 2.34. The molecule has 0 spiro atoms. The third kappa shape index (κ3) is 3.59. The van der Waals surface area contributed by atoms with Crippen molar-refractivity contribution >= 4 is 35.4 Å². The van der Waals surface area contributed by atoms with Crippen LogP contribution < -0.4 is 19.9 Å². The lowest BCUT2D eigenvalue weighted by molar-refractivity contribution is -0.117. The summed E-state index contributed by atoms with van der Waals surface area (Å²) >= 11 is 0. The summed E-state index contributed by atoms with van der Waals surface area (Å²) in [5.74, 6) is 1.01. The second-order valence-corrected chi connectivity index (χ2v) is 8.37. The number of nitrogens with zero attached hydrogens (tertiary/aromatic N) is 4. The Bertz CT molecular complexity index is 1280. The molecule has 3 heterocycles. The summed E-state index contributed by atoms with van der Waals surface area (Å²) in [4.78, 5) is 40.6. The molecular weight excluding hydrogens is 434 g/mol. The average molecular weight is 460 g/mol. The van der Waals surface area contributed by atoms with Gasteiger partial charge < -0.3 is 19.9 Å². The number of hydrogen-bond acceptors (Lipinski definition) is 5. The lowest BCUT2D eigenvalue weighted by atomic mass is 10.0. The van der Waals surface area contributed by atoms with Crippen molar-refractivity contribution in [2.45, 2.75) is 26.2 Å². The molecule has 1 saturated heterocycles. The van der Waals surface area contributed by atoms with Gasteiger partial charge in [-0.1, -0.05) is 0 Å². The molecule has 3 aromatic rings. The number of aromatic nitrogens is 2. The first kappa shape index (κ1) is 21.7. The first-order valence-corrected chi connectivity index (χ1v) is 11.2. The van der Waals surface area contributed by atoms with Gasteiger partial charge in [-0.25, -0.2) is 4.68 Å². The number of hydrogen-bond donors (Lipinski definition) is 1. The number of ether oxygens (including phenoxy) is 1. The number of benzene rings is 2. The largest absolute Gasteiger partial charge is 0.497 e. The molecule has 0 saturated carbocycles. The number of aryl methyl sites for hydroxylation is 1. The first-order chi connectivity index (χ1) is 16.5. The fraction of sp³-hybridized carbons (Fsp3) is 0.280. The molecule has 1 fully saturated rings. The Balaban J connectivity index is 1.53. The van der Waals surface area contributed by atoms with E-state index in [4.69, 9.17) is 4.74 Å². The van der Waals surface area contributed by atoms with Crippen LogP contribution in [-0.2, 0) is 16.0 Å². The molecule has 0 radical (unpaired) electrons. The van der Waals surface area contributed by atoms with Crippen LogP contribution in [0.2, 0.25) is 0 Å². The zero-order valence-electron chi connectivity index (χ0n) is 19.1. The van der Waals surface area contributed by atoms with Crippen LogP contribution in [0.1, 0.15) is 34.5 Å². The molecule has 34 heavy (non-hydrogen) atoms. The van der Waals surface area contributed by atoms with Gasteiger partial charge in [0.25, 0.3) is 5.91 Å². The number of rotatable bonds is 6. The van der Waals surface area contributed by atoms with E-state index in [-0.39, 0.29) is 11.8 Å². The molecule has 9 nitrogen and oxygen atoms in total. The van der Waals surface area contributed by atoms with Gasteiger partial charge in [-0.3, -0.25) is 14.4 Å². The van der Waals surface area contributed by atoms with Crippen molar-refractivity contribution in [3.05, 3.63) is 59.3 Å². The highest BCUT2D eigenvalue weighted by Crippen LogP contribution is 2.34. The number of fused-ring (bicyclic) bond motifs is 1. The van der Waals surface area contributed by atoms with Gasteiger partial charge in [0.05, 0.1) is 12.8 Å². The van der Waals surface area contributed by atoms with Gasteiger partial charge in [0.2, 0.25) is 12.3 Å². The predicted octanol–water partition coefficient (Wildman–Crippen LogP) is 3.09. The molecule has 0 unspecified atom stereocenters. The van der Waals surface area contributed by atoms with Crippen molar-refractivity contribution in [1.29, 1.82) is 0 Å². The Kier molecular flexibility index (Phi) is 5.53. The molecule has 5 rings (SSSR count). The maximum Gasteiger partial charge on any atom is 0.277 e. The number of amides is 3. The van der Waals surface area contributed by atoms with E-state index < -0.39 is 0 Å². The Hall–Kier alpha value is -4.14.